The number of amides is 1. The summed E-state index contributed by atoms with van der Waals surface area (Å²) in [5, 5.41) is 9.10. The highest BCUT2D eigenvalue weighted by Crippen LogP contribution is 2.36. The Hall–Kier alpha value is -4.02. The fraction of sp³-hybridized carbons (Fsp3) is 0.190. The third-order valence-electron chi connectivity index (χ3n) is 4.93. The molecule has 166 valence electrons. The summed E-state index contributed by atoms with van der Waals surface area (Å²) in [5.74, 6) is 0. The van der Waals surface area contributed by atoms with Gasteiger partial charge in [-0.05, 0) is 29.7 Å². The van der Waals surface area contributed by atoms with E-state index in [1.165, 1.54) is 47.4 Å². The molecule has 0 radical (unpaired) electrons. The van der Waals surface area contributed by atoms with Crippen molar-refractivity contribution in [2.45, 2.75) is 12.3 Å². The number of pyridine rings is 1. The van der Waals surface area contributed by atoms with E-state index in [-0.39, 0.29) is 29.8 Å². The second-order valence-corrected chi connectivity index (χ2v) is 7.02. The Morgan fingerprint density at radius 2 is 1.94 bits per heavy atom. The molecule has 1 saturated heterocycles. The number of ether oxygens (including phenoxy) is 2. The number of halogens is 3. The van der Waals surface area contributed by atoms with Crippen molar-refractivity contribution in [2.24, 2.45) is 0 Å². The zero-order valence-electron chi connectivity index (χ0n) is 16.2. The molecule has 32 heavy (non-hydrogen) atoms. The lowest BCUT2D eigenvalue weighted by Gasteiger charge is -2.15. The number of aromatic amines is 1. The Bertz CT molecular complexity index is 1270. The maximum absolute atomic E-state index is 13.4. The highest BCUT2D eigenvalue weighted by molar-refractivity contribution is 5.94. The van der Waals surface area contributed by atoms with Gasteiger partial charge >= 0.3 is 18.4 Å². The molecule has 1 amide bonds. The monoisotopic (exact) mass is 448 g/mol. The largest absolute Gasteiger partial charge is 0.505 e. The zero-order valence-corrected chi connectivity index (χ0v) is 16.2. The first kappa shape index (κ1) is 21.2. The van der Waals surface area contributed by atoms with E-state index in [9.17, 15) is 27.6 Å². The van der Waals surface area contributed by atoms with Crippen LogP contribution in [0.4, 0.5) is 28.4 Å². The summed E-state index contributed by atoms with van der Waals surface area (Å²) in [6, 6.07) is 10.8. The number of nitrogens with one attached hydrogen (secondary N) is 1. The van der Waals surface area contributed by atoms with Gasteiger partial charge in [0.25, 0.3) is 5.56 Å². The lowest BCUT2D eigenvalue weighted by Crippen LogP contribution is -2.26. The Balaban J connectivity index is 1.68. The second kappa shape index (κ2) is 7.91. The van der Waals surface area contributed by atoms with Crippen LogP contribution in [0.1, 0.15) is 5.56 Å². The van der Waals surface area contributed by atoms with E-state index in [0.717, 1.165) is 6.07 Å². The molecule has 1 atom stereocenters. The van der Waals surface area contributed by atoms with E-state index in [1.54, 1.807) is 0 Å². The second-order valence-electron chi connectivity index (χ2n) is 7.02. The van der Waals surface area contributed by atoms with Gasteiger partial charge in [-0.15, -0.1) is 0 Å². The van der Waals surface area contributed by atoms with Crippen LogP contribution in [0.5, 0.6) is 0 Å². The highest BCUT2D eigenvalue weighted by atomic mass is 19.4. The predicted octanol–water partition coefficient (Wildman–Crippen LogP) is 4.23. The molecule has 0 bridgehead atoms. The van der Waals surface area contributed by atoms with Crippen LogP contribution in [0.2, 0.25) is 0 Å². The van der Waals surface area contributed by atoms with Crippen LogP contribution >= 0.6 is 0 Å². The van der Waals surface area contributed by atoms with Crippen molar-refractivity contribution in [2.75, 3.05) is 18.1 Å². The van der Waals surface area contributed by atoms with E-state index in [4.69, 9.17) is 9.84 Å². The van der Waals surface area contributed by atoms with E-state index in [2.05, 4.69) is 9.72 Å². The highest BCUT2D eigenvalue weighted by Gasteiger charge is 2.34. The molecule has 8 nitrogen and oxygen atoms in total. The van der Waals surface area contributed by atoms with Crippen LogP contribution in [0.25, 0.3) is 22.0 Å². The minimum atomic E-state index is -4.59. The van der Waals surface area contributed by atoms with Crippen LogP contribution < -0.4 is 10.5 Å². The summed E-state index contributed by atoms with van der Waals surface area (Å²) in [7, 11) is 0. The fourth-order valence-corrected chi connectivity index (χ4v) is 3.51. The molecule has 0 unspecified atom stereocenters. The van der Waals surface area contributed by atoms with Crippen LogP contribution in [0, 0.1) is 0 Å². The summed E-state index contributed by atoms with van der Waals surface area (Å²) >= 11 is 0. The molecule has 1 fully saturated rings. The number of carbonyl (C=O) groups excluding carboxylic acids is 1. The molecule has 3 aromatic rings. The van der Waals surface area contributed by atoms with Gasteiger partial charge in [0.15, 0.2) is 6.10 Å². The number of H-pyrrole nitrogens is 1. The number of fused-ring (bicyclic) bond motifs is 1. The molecule has 2 heterocycles. The number of carboxylic acid groups (broad SMARTS) is 1. The standard InChI is InChI=1S/C21H15F3N2O6/c22-21(23,24)16-4-2-1-3-14(16)17-7-11-5-6-12(8-15(11)18(27)25-17)26-9-13(32-19(26)28)10-31-20(29)30/h1-8,13H,9-10H2,(H,25,27)(H,29,30)/t13-/m0/s1. The number of rotatable bonds is 4. The van der Waals surface area contributed by atoms with Crippen LogP contribution in [-0.4, -0.2) is 41.6 Å². The summed E-state index contributed by atoms with van der Waals surface area (Å²) < 4.78 is 49.5. The van der Waals surface area contributed by atoms with E-state index < -0.39 is 35.7 Å². The van der Waals surface area contributed by atoms with Gasteiger partial charge in [0.2, 0.25) is 0 Å². The number of carbonyl (C=O) groups is 2. The maximum Gasteiger partial charge on any atom is 0.505 e. The van der Waals surface area contributed by atoms with Gasteiger partial charge in [-0.1, -0.05) is 24.3 Å². The Labute approximate surface area is 177 Å². The van der Waals surface area contributed by atoms with Crippen molar-refractivity contribution in [1.29, 1.82) is 0 Å². The minimum absolute atomic E-state index is 0.00651. The number of benzene rings is 2. The lowest BCUT2D eigenvalue weighted by atomic mass is 10.0. The van der Waals surface area contributed by atoms with E-state index >= 15 is 0 Å². The predicted molar refractivity (Wildman–Crippen MR) is 107 cm³/mol. The van der Waals surface area contributed by atoms with Crippen LogP contribution in [0.3, 0.4) is 0 Å². The van der Waals surface area contributed by atoms with Crippen molar-refractivity contribution in [3.8, 4) is 11.3 Å². The Kier molecular flexibility index (Phi) is 5.25. The van der Waals surface area contributed by atoms with Crippen molar-refractivity contribution in [3.05, 3.63) is 64.4 Å². The quantitative estimate of drug-likeness (QED) is 0.578. The first-order chi connectivity index (χ1) is 15.1. The number of anilines is 1. The average Bonchev–Trinajstić information content (AvgIpc) is 3.12. The van der Waals surface area contributed by atoms with Gasteiger partial charge in [-0.25, -0.2) is 9.59 Å². The number of cyclic esters (lactones) is 1. The van der Waals surface area contributed by atoms with Gasteiger partial charge in [-0.2, -0.15) is 13.2 Å². The third-order valence-corrected chi connectivity index (χ3v) is 4.93. The van der Waals surface area contributed by atoms with E-state index in [1.807, 2.05) is 0 Å². The minimum Gasteiger partial charge on any atom is -0.450 e. The molecule has 0 saturated carbocycles. The van der Waals surface area contributed by atoms with Gasteiger partial charge < -0.3 is 19.6 Å². The molecular weight excluding hydrogens is 433 g/mol. The van der Waals surface area contributed by atoms with Crippen molar-refractivity contribution in [3.63, 3.8) is 0 Å². The zero-order chi connectivity index (χ0) is 23.0. The first-order valence-corrected chi connectivity index (χ1v) is 9.31. The number of alkyl halides is 3. The third kappa shape index (κ3) is 4.09. The molecule has 1 aromatic heterocycles. The molecule has 0 aliphatic carbocycles. The number of hydrogen-bond donors (Lipinski definition) is 2. The molecular formula is C21H15F3N2O6. The first-order valence-electron chi connectivity index (χ1n) is 9.31. The number of aromatic nitrogens is 1. The van der Waals surface area contributed by atoms with Crippen LogP contribution in [-0.2, 0) is 15.7 Å². The molecule has 2 N–H and O–H groups in total. The van der Waals surface area contributed by atoms with Crippen molar-refractivity contribution >= 4 is 28.7 Å². The van der Waals surface area contributed by atoms with Gasteiger partial charge in [0, 0.05) is 22.3 Å². The topological polar surface area (TPSA) is 109 Å². The normalized spacial score (nSPS) is 16.3. The van der Waals surface area contributed by atoms with Gasteiger partial charge in [0.1, 0.15) is 6.61 Å². The molecule has 1 aliphatic rings. The number of hydrogen-bond acceptors (Lipinski definition) is 5. The molecule has 11 heteroatoms. The number of nitrogens with zero attached hydrogens (tertiary/aromatic N) is 1. The Morgan fingerprint density at radius 3 is 2.66 bits per heavy atom. The lowest BCUT2D eigenvalue weighted by molar-refractivity contribution is -0.137. The SMILES string of the molecule is O=C(O)OC[C@@H]1CN(c2ccc3cc(-c4ccccc4C(F)(F)F)[nH]c(=O)c3c2)C(=O)O1. The van der Waals surface area contributed by atoms with E-state index in [0.29, 0.717) is 11.1 Å². The van der Waals surface area contributed by atoms with Gasteiger partial charge in [-0.3, -0.25) is 9.69 Å². The van der Waals surface area contributed by atoms with Gasteiger partial charge in [0.05, 0.1) is 12.1 Å². The van der Waals surface area contributed by atoms with Crippen molar-refractivity contribution in [1.82, 2.24) is 4.98 Å². The summed E-state index contributed by atoms with van der Waals surface area (Å²) in [6.45, 7) is -0.333. The summed E-state index contributed by atoms with van der Waals surface area (Å²) in [6.07, 6.45) is -7.65. The summed E-state index contributed by atoms with van der Waals surface area (Å²) in [5.41, 5.74) is -1.34. The summed E-state index contributed by atoms with van der Waals surface area (Å²) in [4.78, 5) is 39.0. The average molecular weight is 448 g/mol. The molecule has 0 spiro atoms. The molecule has 2 aromatic carbocycles. The molecule has 1 aliphatic heterocycles. The fourth-order valence-electron chi connectivity index (χ4n) is 3.51. The Morgan fingerprint density at radius 1 is 1.19 bits per heavy atom. The van der Waals surface area contributed by atoms with Crippen molar-refractivity contribution < 1.29 is 37.3 Å². The van der Waals surface area contributed by atoms with Crippen LogP contribution in [0.15, 0.2) is 53.3 Å². The molecule has 4 rings (SSSR count). The maximum atomic E-state index is 13.4. The smallest absolute Gasteiger partial charge is 0.450 e.